The van der Waals surface area contributed by atoms with Crippen LogP contribution >= 0.6 is 0 Å². The molecule has 5 heteroatoms. The summed E-state index contributed by atoms with van der Waals surface area (Å²) in [5, 5.41) is 3.15. The minimum Gasteiger partial charge on any atom is -0.496 e. The van der Waals surface area contributed by atoms with Gasteiger partial charge in [0.2, 0.25) is 5.91 Å². The molecule has 0 saturated carbocycles. The normalized spacial score (nSPS) is 16.8. The SMILES string of the molecule is COc1ccccc1C(CNC(=O)C(C)Cc1ccc(F)cc1)N1CCCCC1. The minimum atomic E-state index is -0.257. The van der Waals surface area contributed by atoms with Crippen molar-refractivity contribution in [3.8, 4) is 5.75 Å². The Bertz CT molecular complexity index is 788. The number of rotatable bonds is 8. The first-order valence-electron chi connectivity index (χ1n) is 10.5. The lowest BCUT2D eigenvalue weighted by molar-refractivity contribution is -0.124. The topological polar surface area (TPSA) is 41.6 Å². The lowest BCUT2D eigenvalue weighted by atomic mass is 9.98. The molecule has 1 aliphatic heterocycles. The molecule has 0 aliphatic carbocycles. The van der Waals surface area contributed by atoms with Crippen molar-refractivity contribution in [1.29, 1.82) is 0 Å². The molecule has 4 nitrogen and oxygen atoms in total. The van der Waals surface area contributed by atoms with Crippen LogP contribution < -0.4 is 10.1 Å². The highest BCUT2D eigenvalue weighted by Crippen LogP contribution is 2.31. The zero-order valence-corrected chi connectivity index (χ0v) is 17.4. The van der Waals surface area contributed by atoms with Gasteiger partial charge in [0.25, 0.3) is 0 Å². The minimum absolute atomic E-state index is 0.0197. The van der Waals surface area contributed by atoms with E-state index < -0.39 is 0 Å². The quantitative estimate of drug-likeness (QED) is 0.719. The fourth-order valence-corrected chi connectivity index (χ4v) is 4.05. The van der Waals surface area contributed by atoms with E-state index in [9.17, 15) is 9.18 Å². The van der Waals surface area contributed by atoms with Gasteiger partial charge in [0.15, 0.2) is 0 Å². The van der Waals surface area contributed by atoms with Crippen molar-refractivity contribution in [3.05, 3.63) is 65.5 Å². The zero-order chi connectivity index (χ0) is 20.6. The summed E-state index contributed by atoms with van der Waals surface area (Å²) in [5.41, 5.74) is 2.08. The smallest absolute Gasteiger partial charge is 0.223 e. The number of likely N-dealkylation sites (tertiary alicyclic amines) is 1. The maximum Gasteiger partial charge on any atom is 0.223 e. The fourth-order valence-electron chi connectivity index (χ4n) is 4.05. The molecule has 156 valence electrons. The molecule has 1 heterocycles. The third kappa shape index (κ3) is 5.80. The molecule has 0 bridgehead atoms. The highest BCUT2D eigenvalue weighted by atomic mass is 19.1. The number of methoxy groups -OCH3 is 1. The maximum absolute atomic E-state index is 13.1. The lowest BCUT2D eigenvalue weighted by Crippen LogP contribution is -2.42. The molecular weight excluding hydrogens is 367 g/mol. The van der Waals surface area contributed by atoms with Gasteiger partial charge in [0.1, 0.15) is 11.6 Å². The number of hydrogen-bond donors (Lipinski definition) is 1. The summed E-state index contributed by atoms with van der Waals surface area (Å²) >= 11 is 0. The van der Waals surface area contributed by atoms with Gasteiger partial charge in [0.05, 0.1) is 13.2 Å². The number of amides is 1. The molecule has 1 amide bonds. The second kappa shape index (κ2) is 10.4. The van der Waals surface area contributed by atoms with Gasteiger partial charge in [-0.05, 0) is 56.1 Å². The average molecular weight is 399 g/mol. The van der Waals surface area contributed by atoms with Crippen LogP contribution in [0.1, 0.15) is 43.4 Å². The predicted octanol–water partition coefficient (Wildman–Crippen LogP) is 4.36. The molecule has 3 rings (SSSR count). The summed E-state index contributed by atoms with van der Waals surface area (Å²) in [5.74, 6) is 0.440. The number of carbonyl (C=O) groups is 1. The van der Waals surface area contributed by atoms with Crippen LogP contribution in [-0.4, -0.2) is 37.6 Å². The Morgan fingerprint density at radius 3 is 2.48 bits per heavy atom. The van der Waals surface area contributed by atoms with Gasteiger partial charge in [-0.25, -0.2) is 4.39 Å². The second-order valence-corrected chi connectivity index (χ2v) is 7.83. The lowest BCUT2D eigenvalue weighted by Gasteiger charge is -2.35. The van der Waals surface area contributed by atoms with E-state index in [1.54, 1.807) is 19.2 Å². The van der Waals surface area contributed by atoms with Gasteiger partial charge in [-0.2, -0.15) is 0 Å². The average Bonchev–Trinajstić information content (AvgIpc) is 2.76. The van der Waals surface area contributed by atoms with Crippen molar-refractivity contribution in [3.63, 3.8) is 0 Å². The number of ether oxygens (including phenoxy) is 1. The third-order valence-electron chi connectivity index (χ3n) is 5.70. The number of nitrogens with one attached hydrogen (secondary N) is 1. The van der Waals surface area contributed by atoms with Crippen LogP contribution in [0.3, 0.4) is 0 Å². The summed E-state index contributed by atoms with van der Waals surface area (Å²) < 4.78 is 18.7. The van der Waals surface area contributed by atoms with Gasteiger partial charge in [-0.15, -0.1) is 0 Å². The number of piperidine rings is 1. The Hall–Kier alpha value is -2.40. The van der Waals surface area contributed by atoms with Crippen LogP contribution in [0.15, 0.2) is 48.5 Å². The molecule has 0 spiro atoms. The van der Waals surface area contributed by atoms with Gasteiger partial charge in [-0.1, -0.05) is 43.7 Å². The Morgan fingerprint density at radius 1 is 1.10 bits per heavy atom. The Balaban J connectivity index is 1.67. The standard InChI is InChI=1S/C24H31FN2O2/c1-18(16-19-10-12-20(25)13-11-19)24(28)26-17-22(27-14-6-3-7-15-27)21-8-4-5-9-23(21)29-2/h4-5,8-13,18,22H,3,6-7,14-17H2,1-2H3,(H,26,28). The summed E-state index contributed by atoms with van der Waals surface area (Å²) in [6.07, 6.45) is 4.21. The first-order valence-corrected chi connectivity index (χ1v) is 10.5. The number of nitrogens with zero attached hydrogens (tertiary/aromatic N) is 1. The van der Waals surface area contributed by atoms with E-state index >= 15 is 0 Å². The number of benzene rings is 2. The summed E-state index contributed by atoms with van der Waals surface area (Å²) in [6.45, 7) is 4.53. The summed E-state index contributed by atoms with van der Waals surface area (Å²) in [6, 6.07) is 14.5. The van der Waals surface area contributed by atoms with E-state index in [-0.39, 0.29) is 23.7 Å². The Labute approximate surface area is 173 Å². The first kappa shape index (κ1) is 21.3. The number of hydrogen-bond acceptors (Lipinski definition) is 3. The fraction of sp³-hybridized carbons (Fsp3) is 0.458. The van der Waals surface area contributed by atoms with Gasteiger partial charge in [-0.3, -0.25) is 9.69 Å². The molecule has 2 aromatic carbocycles. The zero-order valence-electron chi connectivity index (χ0n) is 17.4. The van der Waals surface area contributed by atoms with Crippen molar-refractivity contribution in [2.75, 3.05) is 26.7 Å². The van der Waals surface area contributed by atoms with Crippen molar-refractivity contribution >= 4 is 5.91 Å². The monoisotopic (exact) mass is 398 g/mol. The van der Waals surface area contributed by atoms with Crippen molar-refractivity contribution in [1.82, 2.24) is 10.2 Å². The molecule has 2 unspecified atom stereocenters. The summed E-state index contributed by atoms with van der Waals surface area (Å²) in [4.78, 5) is 15.2. The van der Waals surface area contributed by atoms with Crippen LogP contribution in [0.2, 0.25) is 0 Å². The molecule has 2 atom stereocenters. The number of halogens is 1. The van der Waals surface area contributed by atoms with Crippen molar-refractivity contribution in [2.24, 2.45) is 5.92 Å². The molecule has 29 heavy (non-hydrogen) atoms. The van der Waals surface area contributed by atoms with Crippen LogP contribution in [-0.2, 0) is 11.2 Å². The second-order valence-electron chi connectivity index (χ2n) is 7.83. The van der Waals surface area contributed by atoms with E-state index in [0.29, 0.717) is 13.0 Å². The number of para-hydroxylation sites is 1. The van der Waals surface area contributed by atoms with E-state index in [0.717, 1.165) is 30.0 Å². The van der Waals surface area contributed by atoms with Crippen LogP contribution in [0.5, 0.6) is 5.75 Å². The van der Waals surface area contributed by atoms with E-state index in [4.69, 9.17) is 4.74 Å². The molecule has 0 radical (unpaired) electrons. The largest absolute Gasteiger partial charge is 0.496 e. The van der Waals surface area contributed by atoms with Crippen LogP contribution in [0.4, 0.5) is 4.39 Å². The van der Waals surface area contributed by atoms with Gasteiger partial charge < -0.3 is 10.1 Å². The van der Waals surface area contributed by atoms with Crippen LogP contribution in [0.25, 0.3) is 0 Å². The molecule has 0 aromatic heterocycles. The molecule has 1 aliphatic rings. The summed E-state index contributed by atoms with van der Waals surface area (Å²) in [7, 11) is 1.69. The van der Waals surface area contributed by atoms with Gasteiger partial charge >= 0.3 is 0 Å². The molecule has 1 saturated heterocycles. The maximum atomic E-state index is 13.1. The highest BCUT2D eigenvalue weighted by Gasteiger charge is 2.26. The third-order valence-corrected chi connectivity index (χ3v) is 5.70. The molecule has 1 fully saturated rings. The van der Waals surface area contributed by atoms with E-state index in [1.165, 1.54) is 31.4 Å². The predicted molar refractivity (Wildman–Crippen MR) is 113 cm³/mol. The molecule has 2 aromatic rings. The number of carbonyl (C=O) groups excluding carboxylic acids is 1. The molecular formula is C24H31FN2O2. The Kier molecular flexibility index (Phi) is 7.64. The van der Waals surface area contributed by atoms with E-state index in [2.05, 4.69) is 16.3 Å². The van der Waals surface area contributed by atoms with Crippen LogP contribution in [0, 0.1) is 11.7 Å². The first-order chi connectivity index (χ1) is 14.1. The van der Waals surface area contributed by atoms with Crippen molar-refractivity contribution in [2.45, 2.75) is 38.6 Å². The van der Waals surface area contributed by atoms with Crippen molar-refractivity contribution < 1.29 is 13.9 Å². The highest BCUT2D eigenvalue weighted by molar-refractivity contribution is 5.78. The Morgan fingerprint density at radius 2 is 1.79 bits per heavy atom. The van der Waals surface area contributed by atoms with Gasteiger partial charge in [0, 0.05) is 18.0 Å². The molecule has 1 N–H and O–H groups in total. The van der Waals surface area contributed by atoms with E-state index in [1.807, 2.05) is 25.1 Å².